The molecule has 4 heteroatoms. The molecule has 1 atom stereocenters. The number of nitrogens with one attached hydrogen (secondary N) is 1. The Kier molecular flexibility index (Phi) is 3.62. The molecule has 2 fully saturated rings. The molecule has 1 aromatic rings. The van der Waals surface area contributed by atoms with Gasteiger partial charge in [0.15, 0.2) is 0 Å². The monoisotopic (exact) mass is 262 g/mol. The number of methoxy groups -OCH3 is 1. The molecule has 1 saturated carbocycles. The molecule has 0 bridgehead atoms. The van der Waals surface area contributed by atoms with Crippen LogP contribution in [0.25, 0.3) is 0 Å². The largest absolute Gasteiger partial charge is 0.507 e. The summed E-state index contributed by atoms with van der Waals surface area (Å²) in [6.45, 7) is 3.09. The van der Waals surface area contributed by atoms with Crippen LogP contribution >= 0.6 is 0 Å². The molecule has 1 heterocycles. The number of benzene rings is 1. The fourth-order valence-corrected chi connectivity index (χ4v) is 2.80. The van der Waals surface area contributed by atoms with E-state index in [1.54, 1.807) is 13.2 Å². The number of nitrogens with zero attached hydrogens (tertiary/aromatic N) is 1. The summed E-state index contributed by atoms with van der Waals surface area (Å²) in [7, 11) is 1.61. The third-order valence-corrected chi connectivity index (χ3v) is 4.16. The number of likely N-dealkylation sites (tertiary alicyclic amines) is 1. The number of ether oxygens (including phenoxy) is 1. The first-order valence-corrected chi connectivity index (χ1v) is 7.09. The van der Waals surface area contributed by atoms with Crippen molar-refractivity contribution in [3.05, 3.63) is 23.8 Å². The zero-order valence-corrected chi connectivity index (χ0v) is 11.4. The first kappa shape index (κ1) is 12.8. The summed E-state index contributed by atoms with van der Waals surface area (Å²) in [6, 6.07) is 6.90. The first-order chi connectivity index (χ1) is 9.26. The number of rotatable bonds is 5. The molecular weight excluding hydrogens is 240 g/mol. The predicted molar refractivity (Wildman–Crippen MR) is 74.5 cm³/mol. The molecule has 2 N–H and O–H groups in total. The first-order valence-electron chi connectivity index (χ1n) is 7.09. The highest BCUT2D eigenvalue weighted by Crippen LogP contribution is 2.30. The standard InChI is InChI=1S/C15H22N2O2/c1-19-14-5-2-11(15(18)8-14)9-16-12-6-7-17(10-12)13-3-4-13/h2,5,8,12-13,16,18H,3-4,6-7,9-10H2,1H3. The van der Waals surface area contributed by atoms with Gasteiger partial charge in [0, 0.05) is 43.3 Å². The van der Waals surface area contributed by atoms with Crippen molar-refractivity contribution in [1.29, 1.82) is 0 Å². The van der Waals surface area contributed by atoms with Gasteiger partial charge >= 0.3 is 0 Å². The van der Waals surface area contributed by atoms with Gasteiger partial charge in [-0.3, -0.25) is 4.90 Å². The summed E-state index contributed by atoms with van der Waals surface area (Å²) in [5.74, 6) is 1.01. The normalized spacial score (nSPS) is 23.7. The number of hydrogen-bond acceptors (Lipinski definition) is 4. The predicted octanol–water partition coefficient (Wildman–Crippen LogP) is 1.73. The second-order valence-electron chi connectivity index (χ2n) is 5.59. The van der Waals surface area contributed by atoms with E-state index >= 15 is 0 Å². The van der Waals surface area contributed by atoms with Crippen molar-refractivity contribution < 1.29 is 9.84 Å². The zero-order chi connectivity index (χ0) is 13.2. The highest BCUT2D eigenvalue weighted by molar-refractivity contribution is 5.39. The van der Waals surface area contributed by atoms with E-state index in [4.69, 9.17) is 4.74 Å². The summed E-state index contributed by atoms with van der Waals surface area (Å²) < 4.78 is 5.09. The highest BCUT2D eigenvalue weighted by Gasteiger charge is 2.34. The van der Waals surface area contributed by atoms with Gasteiger partial charge in [-0.2, -0.15) is 0 Å². The molecule has 0 aromatic heterocycles. The van der Waals surface area contributed by atoms with Crippen molar-refractivity contribution in [3.63, 3.8) is 0 Å². The quantitative estimate of drug-likeness (QED) is 0.848. The van der Waals surface area contributed by atoms with E-state index in [0.29, 0.717) is 17.5 Å². The molecule has 0 radical (unpaired) electrons. The number of aromatic hydroxyl groups is 1. The van der Waals surface area contributed by atoms with Gasteiger partial charge in [-0.15, -0.1) is 0 Å². The minimum absolute atomic E-state index is 0.309. The summed E-state index contributed by atoms with van der Waals surface area (Å²) >= 11 is 0. The molecule has 0 amide bonds. The van der Waals surface area contributed by atoms with Crippen LogP contribution in [0, 0.1) is 0 Å². The van der Waals surface area contributed by atoms with Crippen molar-refractivity contribution in [3.8, 4) is 11.5 Å². The van der Waals surface area contributed by atoms with Crippen LogP contribution in [0.2, 0.25) is 0 Å². The fourth-order valence-electron chi connectivity index (χ4n) is 2.80. The Hall–Kier alpha value is -1.26. The second-order valence-corrected chi connectivity index (χ2v) is 5.59. The van der Waals surface area contributed by atoms with Crippen molar-refractivity contribution in [2.24, 2.45) is 0 Å². The average Bonchev–Trinajstić information content (AvgIpc) is 3.17. The smallest absolute Gasteiger partial charge is 0.123 e. The molecule has 3 rings (SSSR count). The van der Waals surface area contributed by atoms with Gasteiger partial charge in [0.1, 0.15) is 11.5 Å². The lowest BCUT2D eigenvalue weighted by Crippen LogP contribution is -2.32. The SMILES string of the molecule is COc1ccc(CNC2CCN(C3CC3)C2)c(O)c1. The van der Waals surface area contributed by atoms with Crippen molar-refractivity contribution >= 4 is 0 Å². The molecule has 1 unspecified atom stereocenters. The number of phenolic OH excluding ortho intramolecular Hbond substituents is 1. The van der Waals surface area contributed by atoms with Crippen LogP contribution in [-0.2, 0) is 6.54 Å². The average molecular weight is 262 g/mol. The van der Waals surface area contributed by atoms with Gasteiger partial charge in [-0.1, -0.05) is 6.07 Å². The van der Waals surface area contributed by atoms with E-state index in [9.17, 15) is 5.11 Å². The van der Waals surface area contributed by atoms with Crippen LogP contribution < -0.4 is 10.1 Å². The van der Waals surface area contributed by atoms with Gasteiger partial charge in [0.2, 0.25) is 0 Å². The Labute approximate surface area is 114 Å². The van der Waals surface area contributed by atoms with Crippen LogP contribution in [0.15, 0.2) is 18.2 Å². The van der Waals surface area contributed by atoms with Crippen LogP contribution in [0.3, 0.4) is 0 Å². The third-order valence-electron chi connectivity index (χ3n) is 4.16. The molecule has 19 heavy (non-hydrogen) atoms. The Morgan fingerprint density at radius 2 is 2.21 bits per heavy atom. The van der Waals surface area contributed by atoms with Crippen LogP contribution in [0.5, 0.6) is 11.5 Å². The zero-order valence-electron chi connectivity index (χ0n) is 11.4. The lowest BCUT2D eigenvalue weighted by atomic mass is 10.1. The maximum atomic E-state index is 9.92. The lowest BCUT2D eigenvalue weighted by Gasteiger charge is -2.16. The molecule has 1 aromatic carbocycles. The highest BCUT2D eigenvalue weighted by atomic mass is 16.5. The minimum atomic E-state index is 0.309. The summed E-state index contributed by atoms with van der Waals surface area (Å²) in [6.07, 6.45) is 3.98. The van der Waals surface area contributed by atoms with Crippen LogP contribution in [0.1, 0.15) is 24.8 Å². The fraction of sp³-hybridized carbons (Fsp3) is 0.600. The maximum absolute atomic E-state index is 9.92. The minimum Gasteiger partial charge on any atom is -0.507 e. The Balaban J connectivity index is 1.51. The van der Waals surface area contributed by atoms with Gasteiger partial charge in [-0.05, 0) is 25.3 Å². The molecule has 1 saturated heterocycles. The Morgan fingerprint density at radius 3 is 2.89 bits per heavy atom. The van der Waals surface area contributed by atoms with Gasteiger partial charge < -0.3 is 15.2 Å². The van der Waals surface area contributed by atoms with Crippen LogP contribution in [0.4, 0.5) is 0 Å². The molecular formula is C15H22N2O2. The molecule has 1 aliphatic carbocycles. The molecule has 2 aliphatic rings. The molecule has 104 valence electrons. The molecule has 1 aliphatic heterocycles. The summed E-state index contributed by atoms with van der Waals surface area (Å²) in [5.41, 5.74) is 0.936. The molecule has 4 nitrogen and oxygen atoms in total. The number of phenols is 1. The Bertz CT molecular complexity index is 446. The number of hydrogen-bond donors (Lipinski definition) is 2. The second kappa shape index (κ2) is 5.39. The lowest BCUT2D eigenvalue weighted by molar-refractivity contribution is 0.317. The summed E-state index contributed by atoms with van der Waals surface area (Å²) in [5, 5.41) is 13.5. The Morgan fingerprint density at radius 1 is 1.37 bits per heavy atom. The molecule has 0 spiro atoms. The van der Waals surface area contributed by atoms with E-state index in [-0.39, 0.29) is 0 Å². The third kappa shape index (κ3) is 3.01. The van der Waals surface area contributed by atoms with E-state index in [0.717, 1.165) is 24.7 Å². The van der Waals surface area contributed by atoms with Crippen molar-refractivity contribution in [2.75, 3.05) is 20.2 Å². The van der Waals surface area contributed by atoms with E-state index in [1.807, 2.05) is 12.1 Å². The summed E-state index contributed by atoms with van der Waals surface area (Å²) in [4.78, 5) is 2.59. The van der Waals surface area contributed by atoms with E-state index in [2.05, 4.69) is 10.2 Å². The van der Waals surface area contributed by atoms with E-state index in [1.165, 1.54) is 25.8 Å². The van der Waals surface area contributed by atoms with Gasteiger partial charge in [-0.25, -0.2) is 0 Å². The topological polar surface area (TPSA) is 44.7 Å². The maximum Gasteiger partial charge on any atom is 0.123 e. The van der Waals surface area contributed by atoms with Crippen LogP contribution in [-0.4, -0.2) is 42.3 Å². The van der Waals surface area contributed by atoms with Crippen molar-refractivity contribution in [1.82, 2.24) is 10.2 Å². The van der Waals surface area contributed by atoms with Crippen molar-refractivity contribution in [2.45, 2.75) is 37.9 Å². The van der Waals surface area contributed by atoms with Gasteiger partial charge in [0.05, 0.1) is 7.11 Å². The van der Waals surface area contributed by atoms with E-state index < -0.39 is 0 Å². The van der Waals surface area contributed by atoms with Gasteiger partial charge in [0.25, 0.3) is 0 Å².